The Morgan fingerprint density at radius 1 is 1.00 bits per heavy atom. The van der Waals surface area contributed by atoms with Gasteiger partial charge in [0.2, 0.25) is 0 Å². The second-order valence-corrected chi connectivity index (χ2v) is 6.50. The summed E-state index contributed by atoms with van der Waals surface area (Å²) in [7, 11) is 2.74. The number of benzene rings is 2. The zero-order chi connectivity index (χ0) is 20.9. The predicted octanol–water partition coefficient (Wildman–Crippen LogP) is 1.32. The first-order chi connectivity index (χ1) is 13.2. The molecule has 0 amide bonds. The summed E-state index contributed by atoms with van der Waals surface area (Å²) in [5.74, 6) is -2.36. The zero-order valence-electron chi connectivity index (χ0n) is 15.6. The molecule has 28 heavy (non-hydrogen) atoms. The van der Waals surface area contributed by atoms with Crippen molar-refractivity contribution in [2.45, 2.75) is 18.4 Å². The Bertz CT molecular complexity index is 835. The molecule has 2 aromatic rings. The molecule has 8 nitrogen and oxygen atoms in total. The molecule has 2 aromatic carbocycles. The number of aliphatic hydroxyl groups excluding tert-OH is 1. The molecule has 2 atom stereocenters. The van der Waals surface area contributed by atoms with Crippen LogP contribution in [0.3, 0.4) is 0 Å². The van der Waals surface area contributed by atoms with Crippen molar-refractivity contribution in [3.63, 3.8) is 0 Å². The van der Waals surface area contributed by atoms with Crippen molar-refractivity contribution >= 4 is 5.97 Å². The van der Waals surface area contributed by atoms with Gasteiger partial charge in [0.25, 0.3) is 0 Å². The number of carboxylic acid groups (broad SMARTS) is 1. The van der Waals surface area contributed by atoms with E-state index in [9.17, 15) is 30.3 Å². The lowest BCUT2D eigenvalue weighted by molar-refractivity contribution is -0.167. The molecular formula is C20H24O8. The monoisotopic (exact) mass is 392 g/mol. The van der Waals surface area contributed by atoms with Gasteiger partial charge in [-0.1, -0.05) is 12.1 Å². The number of aliphatic carboxylic acids is 1. The second-order valence-electron chi connectivity index (χ2n) is 6.50. The fourth-order valence-corrected chi connectivity index (χ4v) is 3.06. The van der Waals surface area contributed by atoms with Gasteiger partial charge in [0, 0.05) is 18.9 Å². The summed E-state index contributed by atoms with van der Waals surface area (Å²) < 4.78 is 10.1. The van der Waals surface area contributed by atoms with Gasteiger partial charge < -0.3 is 35.0 Å². The average molecular weight is 392 g/mol. The van der Waals surface area contributed by atoms with Gasteiger partial charge >= 0.3 is 5.97 Å². The highest BCUT2D eigenvalue weighted by Gasteiger charge is 2.44. The highest BCUT2D eigenvalue weighted by molar-refractivity contribution is 5.78. The Kier molecular flexibility index (Phi) is 6.71. The highest BCUT2D eigenvalue weighted by atomic mass is 16.5. The van der Waals surface area contributed by atoms with Crippen LogP contribution in [0.15, 0.2) is 36.4 Å². The molecule has 0 aromatic heterocycles. The van der Waals surface area contributed by atoms with Gasteiger partial charge in [0.1, 0.15) is 0 Å². The number of hydrogen-bond donors (Lipinski definition) is 5. The Morgan fingerprint density at radius 3 is 1.96 bits per heavy atom. The molecule has 152 valence electrons. The molecule has 0 radical (unpaired) electrons. The number of phenols is 2. The SMILES string of the molecule is COc1cc(C[C@H](CO)[C@](O)(Cc2ccc(O)c(OC)c2)C(=O)O)ccc1O. The van der Waals surface area contributed by atoms with E-state index in [2.05, 4.69) is 0 Å². The molecule has 0 aliphatic carbocycles. The molecule has 0 heterocycles. The molecule has 0 saturated carbocycles. The van der Waals surface area contributed by atoms with Crippen molar-refractivity contribution in [2.24, 2.45) is 5.92 Å². The maximum Gasteiger partial charge on any atom is 0.336 e. The number of aromatic hydroxyl groups is 2. The third-order valence-electron chi connectivity index (χ3n) is 4.71. The van der Waals surface area contributed by atoms with Crippen molar-refractivity contribution in [1.29, 1.82) is 0 Å². The number of aliphatic hydroxyl groups is 2. The summed E-state index contributed by atoms with van der Waals surface area (Å²) in [5.41, 5.74) is -1.28. The lowest BCUT2D eigenvalue weighted by atomic mass is 9.79. The van der Waals surface area contributed by atoms with Gasteiger partial charge in [-0.05, 0) is 41.8 Å². The Balaban J connectivity index is 2.34. The van der Waals surface area contributed by atoms with Crippen LogP contribution in [0.5, 0.6) is 23.0 Å². The molecule has 0 saturated heterocycles. The normalized spacial score (nSPS) is 14.1. The first-order valence-electron chi connectivity index (χ1n) is 8.53. The first kappa shape index (κ1) is 21.3. The zero-order valence-corrected chi connectivity index (χ0v) is 15.6. The minimum absolute atomic E-state index is 0.0329. The first-order valence-corrected chi connectivity index (χ1v) is 8.53. The molecular weight excluding hydrogens is 368 g/mol. The van der Waals surface area contributed by atoms with E-state index in [0.717, 1.165) is 0 Å². The molecule has 0 aliphatic heterocycles. The standard InChI is InChI=1S/C20H24O8/c1-27-17-8-12(3-5-15(17)22)7-14(11-21)20(26,19(24)25)10-13-4-6-16(23)18(9-13)28-2/h3-6,8-9,14,21-23,26H,7,10-11H2,1-2H3,(H,24,25)/t14-,20-/m1/s1. The fraction of sp³-hybridized carbons (Fsp3) is 0.350. The van der Waals surface area contributed by atoms with Crippen LogP contribution in [-0.2, 0) is 17.6 Å². The summed E-state index contributed by atoms with van der Waals surface area (Å²) in [5, 5.41) is 49.8. The smallest absolute Gasteiger partial charge is 0.336 e. The quantitative estimate of drug-likeness (QED) is 0.431. The lowest BCUT2D eigenvalue weighted by Gasteiger charge is -2.32. The number of methoxy groups -OCH3 is 2. The van der Waals surface area contributed by atoms with Crippen molar-refractivity contribution in [3.05, 3.63) is 47.5 Å². The van der Waals surface area contributed by atoms with Gasteiger partial charge in [-0.25, -0.2) is 4.79 Å². The van der Waals surface area contributed by atoms with Crippen molar-refractivity contribution in [3.8, 4) is 23.0 Å². The van der Waals surface area contributed by atoms with E-state index >= 15 is 0 Å². The molecule has 0 bridgehead atoms. The fourth-order valence-electron chi connectivity index (χ4n) is 3.06. The molecule has 0 fully saturated rings. The van der Waals surface area contributed by atoms with E-state index in [1.54, 1.807) is 6.07 Å². The van der Waals surface area contributed by atoms with Crippen molar-refractivity contribution < 1.29 is 39.8 Å². The molecule has 0 unspecified atom stereocenters. The summed E-state index contributed by atoms with van der Waals surface area (Å²) in [4.78, 5) is 11.9. The van der Waals surface area contributed by atoms with Gasteiger partial charge in [-0.3, -0.25) is 0 Å². The minimum Gasteiger partial charge on any atom is -0.504 e. The van der Waals surface area contributed by atoms with E-state index in [4.69, 9.17) is 9.47 Å². The number of carboxylic acids is 1. The molecule has 0 spiro atoms. The summed E-state index contributed by atoms with van der Waals surface area (Å²) >= 11 is 0. The maximum absolute atomic E-state index is 11.9. The predicted molar refractivity (Wildman–Crippen MR) is 99.9 cm³/mol. The van der Waals surface area contributed by atoms with E-state index in [1.165, 1.54) is 44.6 Å². The van der Waals surface area contributed by atoms with Crippen LogP contribution in [0.2, 0.25) is 0 Å². The van der Waals surface area contributed by atoms with Crippen LogP contribution in [0.4, 0.5) is 0 Å². The Morgan fingerprint density at radius 2 is 1.50 bits per heavy atom. The van der Waals surface area contributed by atoms with Crippen LogP contribution in [-0.4, -0.2) is 57.9 Å². The van der Waals surface area contributed by atoms with Gasteiger partial charge in [0.15, 0.2) is 28.6 Å². The van der Waals surface area contributed by atoms with Gasteiger partial charge in [-0.15, -0.1) is 0 Å². The number of hydrogen-bond acceptors (Lipinski definition) is 7. The topological polar surface area (TPSA) is 137 Å². The third-order valence-corrected chi connectivity index (χ3v) is 4.71. The van der Waals surface area contributed by atoms with Crippen molar-refractivity contribution in [1.82, 2.24) is 0 Å². The largest absolute Gasteiger partial charge is 0.504 e. The van der Waals surface area contributed by atoms with Crippen molar-refractivity contribution in [2.75, 3.05) is 20.8 Å². The van der Waals surface area contributed by atoms with E-state index < -0.39 is 24.1 Å². The van der Waals surface area contributed by atoms with Crippen LogP contribution in [0.25, 0.3) is 0 Å². The summed E-state index contributed by atoms with van der Waals surface area (Å²) in [6, 6.07) is 8.73. The Hall–Kier alpha value is -2.97. The summed E-state index contributed by atoms with van der Waals surface area (Å²) in [6.07, 6.45) is -0.273. The maximum atomic E-state index is 11.9. The summed E-state index contributed by atoms with van der Waals surface area (Å²) in [6.45, 7) is -0.582. The second kappa shape index (κ2) is 8.81. The number of phenolic OH excluding ortho intramolecular Hbond substituents is 2. The Labute approximate surface area is 162 Å². The molecule has 2 rings (SSSR count). The third kappa shape index (κ3) is 4.47. The van der Waals surface area contributed by atoms with Gasteiger partial charge in [-0.2, -0.15) is 0 Å². The van der Waals surface area contributed by atoms with Gasteiger partial charge in [0.05, 0.1) is 14.2 Å². The van der Waals surface area contributed by atoms with Crippen LogP contribution < -0.4 is 9.47 Å². The van der Waals surface area contributed by atoms with E-state index in [-0.39, 0.29) is 35.8 Å². The molecule has 8 heteroatoms. The van der Waals surface area contributed by atoms with E-state index in [1.807, 2.05) is 0 Å². The van der Waals surface area contributed by atoms with Crippen LogP contribution in [0.1, 0.15) is 11.1 Å². The number of rotatable bonds is 9. The highest BCUT2D eigenvalue weighted by Crippen LogP contribution is 2.33. The average Bonchev–Trinajstić information content (AvgIpc) is 2.68. The molecule has 0 aliphatic rings. The van der Waals surface area contributed by atoms with Crippen LogP contribution in [0, 0.1) is 5.92 Å². The minimum atomic E-state index is -2.28. The molecule has 5 N–H and O–H groups in total. The number of ether oxygens (including phenoxy) is 2. The lowest BCUT2D eigenvalue weighted by Crippen LogP contribution is -2.50. The number of carbonyl (C=O) groups is 1. The van der Waals surface area contributed by atoms with E-state index in [0.29, 0.717) is 11.1 Å². The van der Waals surface area contributed by atoms with Crippen LogP contribution >= 0.6 is 0 Å².